The fraction of sp³-hybridized carbons (Fsp3) is 0.846. The monoisotopic (exact) mass is 267 g/mol. The Morgan fingerprint density at radius 3 is 2.61 bits per heavy atom. The Hall–Kier alpha value is -0.730. The third-order valence-corrected chi connectivity index (χ3v) is 5.18. The second kappa shape index (κ2) is 6.44. The topological polar surface area (TPSA) is 47.3 Å². The van der Waals surface area contributed by atoms with Gasteiger partial charge in [-0.3, -0.25) is 9.69 Å². The molecule has 2 atom stereocenters. The molecular weight excluding hydrogens is 246 g/mol. The number of thioether (sulfide) groups is 1. The number of carbonyl (C=O) groups is 1. The largest absolute Gasteiger partial charge is 0.339 e. The molecule has 2 aliphatic heterocycles. The average molecular weight is 267 g/mol. The molecule has 0 aromatic carbocycles. The SMILES string of the molecule is CC(C#N)N1CCN(C(=O)C2CCCCS2)CC1. The summed E-state index contributed by atoms with van der Waals surface area (Å²) in [7, 11) is 0. The van der Waals surface area contributed by atoms with Gasteiger partial charge in [-0.1, -0.05) is 6.42 Å². The van der Waals surface area contributed by atoms with Crippen LogP contribution in [-0.4, -0.2) is 58.9 Å². The van der Waals surface area contributed by atoms with Crippen molar-refractivity contribution in [2.45, 2.75) is 37.5 Å². The summed E-state index contributed by atoms with van der Waals surface area (Å²) >= 11 is 1.82. The van der Waals surface area contributed by atoms with Crippen LogP contribution in [-0.2, 0) is 4.79 Å². The van der Waals surface area contributed by atoms with Crippen LogP contribution < -0.4 is 0 Å². The van der Waals surface area contributed by atoms with Gasteiger partial charge in [-0.2, -0.15) is 5.26 Å². The third kappa shape index (κ3) is 3.18. The van der Waals surface area contributed by atoms with Gasteiger partial charge in [0.05, 0.1) is 17.4 Å². The zero-order valence-electron chi connectivity index (χ0n) is 11.0. The van der Waals surface area contributed by atoms with Gasteiger partial charge in [0.15, 0.2) is 0 Å². The molecule has 4 nitrogen and oxygen atoms in total. The van der Waals surface area contributed by atoms with Gasteiger partial charge in [-0.05, 0) is 25.5 Å². The highest BCUT2D eigenvalue weighted by molar-refractivity contribution is 8.00. The Morgan fingerprint density at radius 1 is 1.33 bits per heavy atom. The molecular formula is C13H21N3OS. The van der Waals surface area contributed by atoms with Gasteiger partial charge < -0.3 is 4.90 Å². The van der Waals surface area contributed by atoms with Crippen molar-refractivity contribution in [1.82, 2.24) is 9.80 Å². The minimum absolute atomic E-state index is 0.0358. The first-order valence-electron chi connectivity index (χ1n) is 6.76. The number of hydrogen-bond donors (Lipinski definition) is 0. The minimum atomic E-state index is -0.0358. The van der Waals surface area contributed by atoms with Crippen molar-refractivity contribution in [1.29, 1.82) is 5.26 Å². The summed E-state index contributed by atoms with van der Waals surface area (Å²) in [4.78, 5) is 16.5. The molecule has 2 aliphatic rings. The molecule has 0 bridgehead atoms. The summed E-state index contributed by atoms with van der Waals surface area (Å²) in [5.74, 6) is 1.45. The first kappa shape index (κ1) is 13.7. The van der Waals surface area contributed by atoms with E-state index in [0.29, 0.717) is 5.91 Å². The number of nitriles is 1. The molecule has 0 spiro atoms. The summed E-state index contributed by atoms with van der Waals surface area (Å²) in [5, 5.41) is 9.08. The summed E-state index contributed by atoms with van der Waals surface area (Å²) in [5.41, 5.74) is 0. The Morgan fingerprint density at radius 2 is 2.06 bits per heavy atom. The van der Waals surface area contributed by atoms with Gasteiger partial charge in [0, 0.05) is 26.2 Å². The van der Waals surface area contributed by atoms with E-state index in [4.69, 9.17) is 5.26 Å². The van der Waals surface area contributed by atoms with Crippen molar-refractivity contribution in [3.05, 3.63) is 0 Å². The maximum atomic E-state index is 12.3. The van der Waals surface area contributed by atoms with Crippen LogP contribution >= 0.6 is 11.8 Å². The zero-order chi connectivity index (χ0) is 13.0. The van der Waals surface area contributed by atoms with Crippen LogP contribution in [0.15, 0.2) is 0 Å². The highest BCUT2D eigenvalue weighted by Crippen LogP contribution is 2.27. The molecule has 100 valence electrons. The van der Waals surface area contributed by atoms with Gasteiger partial charge in [-0.25, -0.2) is 0 Å². The Balaban J connectivity index is 1.82. The normalized spacial score (nSPS) is 27.6. The van der Waals surface area contributed by atoms with Gasteiger partial charge in [0.1, 0.15) is 0 Å². The first-order chi connectivity index (χ1) is 8.72. The van der Waals surface area contributed by atoms with E-state index in [2.05, 4.69) is 11.0 Å². The lowest BCUT2D eigenvalue weighted by Crippen LogP contribution is -2.53. The number of rotatable bonds is 2. The molecule has 0 aromatic heterocycles. The molecule has 2 saturated heterocycles. The van der Waals surface area contributed by atoms with Crippen LogP contribution in [0, 0.1) is 11.3 Å². The van der Waals surface area contributed by atoms with Crippen LogP contribution in [0.3, 0.4) is 0 Å². The first-order valence-corrected chi connectivity index (χ1v) is 7.81. The maximum absolute atomic E-state index is 12.3. The Labute approximate surface area is 113 Å². The van der Waals surface area contributed by atoms with Crippen molar-refractivity contribution < 1.29 is 4.79 Å². The van der Waals surface area contributed by atoms with E-state index >= 15 is 0 Å². The molecule has 0 radical (unpaired) electrons. The van der Waals surface area contributed by atoms with Crippen LogP contribution in [0.4, 0.5) is 0 Å². The van der Waals surface area contributed by atoms with Gasteiger partial charge >= 0.3 is 0 Å². The molecule has 0 aromatic rings. The minimum Gasteiger partial charge on any atom is -0.339 e. The molecule has 2 fully saturated rings. The zero-order valence-corrected chi connectivity index (χ0v) is 11.8. The van der Waals surface area contributed by atoms with Crippen LogP contribution in [0.1, 0.15) is 26.2 Å². The van der Waals surface area contributed by atoms with E-state index in [1.54, 1.807) is 0 Å². The number of nitrogens with zero attached hydrogens (tertiary/aromatic N) is 3. The van der Waals surface area contributed by atoms with Crippen LogP contribution in [0.25, 0.3) is 0 Å². The number of piperazine rings is 1. The lowest BCUT2D eigenvalue weighted by molar-refractivity contribution is -0.132. The summed E-state index contributed by atoms with van der Waals surface area (Å²) in [6.07, 6.45) is 3.48. The van der Waals surface area contributed by atoms with Crippen molar-refractivity contribution in [2.24, 2.45) is 0 Å². The molecule has 0 aliphatic carbocycles. The second-order valence-electron chi connectivity index (χ2n) is 5.02. The molecule has 5 heteroatoms. The second-order valence-corrected chi connectivity index (χ2v) is 6.33. The van der Waals surface area contributed by atoms with E-state index in [0.717, 1.165) is 38.4 Å². The summed E-state index contributed by atoms with van der Waals surface area (Å²) in [6.45, 7) is 5.15. The Kier molecular flexibility index (Phi) is 4.90. The highest BCUT2D eigenvalue weighted by Gasteiger charge is 2.29. The smallest absolute Gasteiger partial charge is 0.235 e. The molecule has 2 unspecified atom stereocenters. The van der Waals surface area contributed by atoms with Crippen molar-refractivity contribution in [2.75, 3.05) is 31.9 Å². The lowest BCUT2D eigenvalue weighted by atomic mass is 10.1. The average Bonchev–Trinajstić information content (AvgIpc) is 2.47. The van der Waals surface area contributed by atoms with Gasteiger partial charge in [0.25, 0.3) is 0 Å². The molecule has 2 rings (SSSR count). The van der Waals surface area contributed by atoms with Crippen molar-refractivity contribution >= 4 is 17.7 Å². The molecule has 2 heterocycles. The molecule has 1 amide bonds. The maximum Gasteiger partial charge on any atom is 0.235 e. The number of amides is 1. The van der Waals surface area contributed by atoms with E-state index in [1.165, 1.54) is 12.8 Å². The molecule has 0 saturated carbocycles. The highest BCUT2D eigenvalue weighted by atomic mass is 32.2. The predicted molar refractivity (Wildman–Crippen MR) is 73.3 cm³/mol. The molecule has 0 N–H and O–H groups in total. The van der Waals surface area contributed by atoms with E-state index < -0.39 is 0 Å². The van der Waals surface area contributed by atoms with Gasteiger partial charge in [-0.15, -0.1) is 11.8 Å². The van der Waals surface area contributed by atoms with Crippen LogP contribution in [0.2, 0.25) is 0 Å². The van der Waals surface area contributed by atoms with E-state index in [-0.39, 0.29) is 11.3 Å². The van der Waals surface area contributed by atoms with Crippen molar-refractivity contribution in [3.8, 4) is 6.07 Å². The number of hydrogen-bond acceptors (Lipinski definition) is 4. The Bertz CT molecular complexity index is 328. The van der Waals surface area contributed by atoms with E-state index in [1.807, 2.05) is 23.6 Å². The fourth-order valence-electron chi connectivity index (χ4n) is 2.55. The summed E-state index contributed by atoms with van der Waals surface area (Å²) < 4.78 is 0. The van der Waals surface area contributed by atoms with Crippen molar-refractivity contribution in [3.63, 3.8) is 0 Å². The quantitative estimate of drug-likeness (QED) is 0.757. The standard InChI is InChI=1S/C13H21N3OS/c1-11(10-14)15-5-7-16(8-6-15)13(17)12-4-2-3-9-18-12/h11-12H,2-9H2,1H3. The van der Waals surface area contributed by atoms with E-state index in [9.17, 15) is 4.79 Å². The predicted octanol–water partition coefficient (Wildman–Crippen LogP) is 1.33. The third-order valence-electron chi connectivity index (χ3n) is 3.82. The number of carbonyl (C=O) groups excluding carboxylic acids is 1. The lowest BCUT2D eigenvalue weighted by Gasteiger charge is -2.37. The van der Waals surface area contributed by atoms with Crippen LogP contribution in [0.5, 0.6) is 0 Å². The van der Waals surface area contributed by atoms with Gasteiger partial charge in [0.2, 0.25) is 5.91 Å². The fourth-order valence-corrected chi connectivity index (χ4v) is 3.83. The summed E-state index contributed by atoms with van der Waals surface area (Å²) in [6, 6.07) is 2.22. The molecule has 18 heavy (non-hydrogen) atoms.